The Balaban J connectivity index is 1.21. The number of aromatic nitrogens is 2. The Morgan fingerprint density at radius 2 is 1.47 bits per heavy atom. The molecule has 1 aliphatic heterocycles. The van der Waals surface area contributed by atoms with Crippen molar-refractivity contribution >= 4 is 34.0 Å². The molecule has 4 aromatic rings. The van der Waals surface area contributed by atoms with Gasteiger partial charge in [0, 0.05) is 40.9 Å². The van der Waals surface area contributed by atoms with Crippen LogP contribution in [0.3, 0.4) is 0 Å². The highest BCUT2D eigenvalue weighted by Gasteiger charge is 2.31. The minimum Gasteiger partial charge on any atom is -0.396 e. The van der Waals surface area contributed by atoms with Gasteiger partial charge >= 0.3 is 0 Å². The summed E-state index contributed by atoms with van der Waals surface area (Å²) in [6.45, 7) is 0.980. The van der Waals surface area contributed by atoms with Crippen LogP contribution in [0, 0.1) is 0 Å². The summed E-state index contributed by atoms with van der Waals surface area (Å²) >= 11 is 0. The van der Waals surface area contributed by atoms with Gasteiger partial charge in [-0.25, -0.2) is 9.97 Å². The van der Waals surface area contributed by atoms with Crippen molar-refractivity contribution in [2.45, 2.75) is 6.42 Å². The first kappa shape index (κ1) is 19.7. The minimum atomic E-state index is -0.229. The van der Waals surface area contributed by atoms with E-state index in [1.54, 1.807) is 24.5 Å². The monoisotopic (exact) mass is 423 g/mol. The van der Waals surface area contributed by atoms with E-state index < -0.39 is 0 Å². The van der Waals surface area contributed by atoms with E-state index in [-0.39, 0.29) is 11.8 Å². The highest BCUT2D eigenvalue weighted by Crippen LogP contribution is 2.30. The van der Waals surface area contributed by atoms with Gasteiger partial charge in [-0.15, -0.1) is 0 Å². The number of hydrogen-bond acceptors (Lipinski definition) is 6. The highest BCUT2D eigenvalue weighted by atomic mass is 16.2. The zero-order valence-electron chi connectivity index (χ0n) is 17.3. The first-order chi connectivity index (χ1) is 15.6. The van der Waals surface area contributed by atoms with E-state index in [4.69, 9.17) is 5.73 Å². The molecule has 0 aliphatic carbocycles. The molecule has 2 amide bonds. The fourth-order valence-electron chi connectivity index (χ4n) is 3.98. The van der Waals surface area contributed by atoms with E-state index in [0.29, 0.717) is 42.1 Å². The van der Waals surface area contributed by atoms with Gasteiger partial charge in [-0.3, -0.25) is 14.5 Å². The predicted octanol–water partition coefficient (Wildman–Crippen LogP) is 3.98. The molecule has 0 saturated carbocycles. The van der Waals surface area contributed by atoms with Crippen LogP contribution < -0.4 is 11.1 Å². The maximum absolute atomic E-state index is 12.9. The van der Waals surface area contributed by atoms with Crippen LogP contribution in [0.1, 0.15) is 27.1 Å². The van der Waals surface area contributed by atoms with Crippen LogP contribution in [0.2, 0.25) is 0 Å². The SMILES string of the molecule is Nc1cnc(-c2ccc(NCCCN3C(=O)c4cccc5cccc(c45)C3=O)cc2)nc1. The van der Waals surface area contributed by atoms with E-state index in [2.05, 4.69) is 15.3 Å². The van der Waals surface area contributed by atoms with Crippen LogP contribution in [0.4, 0.5) is 11.4 Å². The second kappa shape index (κ2) is 8.11. The van der Waals surface area contributed by atoms with Gasteiger partial charge in [-0.2, -0.15) is 0 Å². The largest absolute Gasteiger partial charge is 0.396 e. The molecule has 2 heterocycles. The number of carbonyl (C=O) groups excluding carboxylic acids is 2. The molecule has 32 heavy (non-hydrogen) atoms. The Hall–Kier alpha value is -4.26. The number of rotatable bonds is 6. The molecule has 0 spiro atoms. The van der Waals surface area contributed by atoms with Gasteiger partial charge in [0.15, 0.2) is 5.82 Å². The molecule has 0 bridgehead atoms. The van der Waals surface area contributed by atoms with Gasteiger partial charge in [-0.05, 0) is 48.2 Å². The third kappa shape index (κ3) is 3.54. The zero-order valence-corrected chi connectivity index (χ0v) is 17.3. The van der Waals surface area contributed by atoms with Gasteiger partial charge in [-0.1, -0.05) is 24.3 Å². The molecule has 1 aliphatic rings. The summed E-state index contributed by atoms with van der Waals surface area (Å²) in [4.78, 5) is 35.7. The molecule has 0 atom stereocenters. The fraction of sp³-hybridized carbons (Fsp3) is 0.120. The lowest BCUT2D eigenvalue weighted by Crippen LogP contribution is -2.41. The molecular weight excluding hydrogens is 402 g/mol. The summed E-state index contributed by atoms with van der Waals surface area (Å²) < 4.78 is 0. The molecule has 0 fully saturated rings. The van der Waals surface area contributed by atoms with Crippen molar-refractivity contribution in [3.05, 3.63) is 84.2 Å². The van der Waals surface area contributed by atoms with Crippen molar-refractivity contribution in [2.75, 3.05) is 24.1 Å². The first-order valence-corrected chi connectivity index (χ1v) is 10.4. The molecule has 0 saturated heterocycles. The summed E-state index contributed by atoms with van der Waals surface area (Å²) in [7, 11) is 0. The molecule has 158 valence electrons. The normalized spacial score (nSPS) is 12.9. The van der Waals surface area contributed by atoms with Gasteiger partial charge in [0.2, 0.25) is 0 Å². The maximum Gasteiger partial charge on any atom is 0.261 e. The smallest absolute Gasteiger partial charge is 0.261 e. The van der Waals surface area contributed by atoms with Crippen LogP contribution in [-0.4, -0.2) is 39.8 Å². The van der Waals surface area contributed by atoms with Crippen molar-refractivity contribution in [1.82, 2.24) is 14.9 Å². The van der Waals surface area contributed by atoms with E-state index in [1.165, 1.54) is 4.90 Å². The number of nitrogens with one attached hydrogen (secondary N) is 1. The molecule has 3 aromatic carbocycles. The second-order valence-electron chi connectivity index (χ2n) is 7.67. The number of hydrogen-bond donors (Lipinski definition) is 2. The number of nitrogens with zero attached hydrogens (tertiary/aromatic N) is 3. The van der Waals surface area contributed by atoms with Crippen LogP contribution in [-0.2, 0) is 0 Å². The number of carbonyl (C=O) groups is 2. The van der Waals surface area contributed by atoms with E-state index in [1.807, 2.05) is 48.5 Å². The lowest BCUT2D eigenvalue weighted by Gasteiger charge is -2.27. The number of benzene rings is 3. The van der Waals surface area contributed by atoms with Crippen molar-refractivity contribution < 1.29 is 9.59 Å². The molecule has 0 radical (unpaired) electrons. The quantitative estimate of drug-likeness (QED) is 0.359. The average molecular weight is 423 g/mol. The molecule has 3 N–H and O–H groups in total. The minimum absolute atomic E-state index is 0.229. The Kier molecular flexibility index (Phi) is 4.99. The predicted molar refractivity (Wildman–Crippen MR) is 124 cm³/mol. The van der Waals surface area contributed by atoms with Gasteiger partial charge < -0.3 is 11.1 Å². The topological polar surface area (TPSA) is 101 Å². The Morgan fingerprint density at radius 3 is 2.09 bits per heavy atom. The van der Waals surface area contributed by atoms with Crippen LogP contribution in [0.5, 0.6) is 0 Å². The number of nitrogen functional groups attached to an aromatic ring is 1. The molecule has 5 rings (SSSR count). The van der Waals surface area contributed by atoms with Crippen molar-refractivity contribution in [3.63, 3.8) is 0 Å². The lowest BCUT2D eigenvalue weighted by atomic mass is 9.94. The first-order valence-electron chi connectivity index (χ1n) is 10.4. The Morgan fingerprint density at radius 1 is 0.844 bits per heavy atom. The van der Waals surface area contributed by atoms with Crippen LogP contribution in [0.25, 0.3) is 22.2 Å². The van der Waals surface area contributed by atoms with E-state index in [0.717, 1.165) is 22.0 Å². The van der Waals surface area contributed by atoms with Crippen molar-refractivity contribution in [3.8, 4) is 11.4 Å². The van der Waals surface area contributed by atoms with E-state index >= 15 is 0 Å². The zero-order chi connectivity index (χ0) is 22.1. The summed E-state index contributed by atoms with van der Waals surface area (Å²) in [6, 6.07) is 18.9. The van der Waals surface area contributed by atoms with Gasteiger partial charge in [0.05, 0.1) is 18.1 Å². The Labute approximate surface area is 184 Å². The number of anilines is 2. The lowest BCUT2D eigenvalue weighted by molar-refractivity contribution is 0.0610. The molecule has 0 unspecified atom stereocenters. The van der Waals surface area contributed by atoms with Gasteiger partial charge in [0.25, 0.3) is 11.8 Å². The summed E-state index contributed by atoms with van der Waals surface area (Å²) in [5, 5.41) is 5.00. The van der Waals surface area contributed by atoms with Crippen LogP contribution in [0.15, 0.2) is 73.1 Å². The maximum atomic E-state index is 12.9. The molecule has 1 aromatic heterocycles. The summed E-state index contributed by atoms with van der Waals surface area (Å²) in [5.41, 5.74) is 9.17. The Bertz CT molecular complexity index is 1270. The fourth-order valence-corrected chi connectivity index (χ4v) is 3.98. The van der Waals surface area contributed by atoms with Crippen LogP contribution >= 0.6 is 0 Å². The average Bonchev–Trinajstić information content (AvgIpc) is 2.83. The third-order valence-corrected chi connectivity index (χ3v) is 5.56. The highest BCUT2D eigenvalue weighted by molar-refractivity contribution is 6.25. The summed E-state index contributed by atoms with van der Waals surface area (Å²) in [5.74, 6) is 0.155. The van der Waals surface area contributed by atoms with E-state index in [9.17, 15) is 9.59 Å². The molecular formula is C25H21N5O2. The molecule has 7 heteroatoms. The van der Waals surface area contributed by atoms with Gasteiger partial charge in [0.1, 0.15) is 0 Å². The standard InChI is InChI=1S/C25H21N5O2/c26-18-14-28-23(29-15-18)17-8-10-19(11-9-17)27-12-3-13-30-24(31)20-6-1-4-16-5-2-7-21(22(16)20)25(30)32/h1-2,4-11,14-15,27H,3,12-13,26H2. The van der Waals surface area contributed by atoms with Crippen molar-refractivity contribution in [1.29, 1.82) is 0 Å². The summed E-state index contributed by atoms with van der Waals surface area (Å²) in [6.07, 6.45) is 3.80. The number of imide groups is 1. The number of nitrogens with two attached hydrogens (primary N) is 1. The van der Waals surface area contributed by atoms with Crippen molar-refractivity contribution in [2.24, 2.45) is 0 Å². The second-order valence-corrected chi connectivity index (χ2v) is 7.67. The number of amides is 2. The molecule has 7 nitrogen and oxygen atoms in total. The third-order valence-electron chi connectivity index (χ3n) is 5.56.